The van der Waals surface area contributed by atoms with Crippen LogP contribution in [0.4, 0.5) is 6.01 Å². The van der Waals surface area contributed by atoms with Crippen molar-refractivity contribution in [3.63, 3.8) is 0 Å². The minimum absolute atomic E-state index is 0.454. The summed E-state index contributed by atoms with van der Waals surface area (Å²) in [6, 6.07) is 18.9. The third kappa shape index (κ3) is 3.88. The van der Waals surface area contributed by atoms with Crippen LogP contribution in [0.3, 0.4) is 0 Å². The Morgan fingerprint density at radius 2 is 1.64 bits per heavy atom. The fourth-order valence-corrected chi connectivity index (χ4v) is 3.24. The standard InChI is InChI=1S/C20H22N4O/c1-2-8-16(9-3-1)19-22-20(25-23-19)21-14-17-10-4-5-11-18(17)15-24-12-6-7-13-24/h1-5,8-11H,6-7,12-15H2,(H,21,22,23). The predicted octanol–water partition coefficient (Wildman–Crippen LogP) is 3.94. The first-order valence-electron chi connectivity index (χ1n) is 8.80. The first-order chi connectivity index (χ1) is 12.4. The molecule has 1 saturated heterocycles. The Labute approximate surface area is 147 Å². The zero-order chi connectivity index (χ0) is 16.9. The third-order valence-corrected chi connectivity index (χ3v) is 4.60. The van der Waals surface area contributed by atoms with Crippen molar-refractivity contribution in [2.24, 2.45) is 0 Å². The number of nitrogens with one attached hydrogen (secondary N) is 1. The van der Waals surface area contributed by atoms with E-state index in [4.69, 9.17) is 4.52 Å². The lowest BCUT2D eigenvalue weighted by Crippen LogP contribution is -2.19. The molecule has 5 heteroatoms. The molecule has 0 unspecified atom stereocenters. The largest absolute Gasteiger partial charge is 0.334 e. The minimum atomic E-state index is 0.454. The van der Waals surface area contributed by atoms with E-state index in [9.17, 15) is 0 Å². The Morgan fingerprint density at radius 1 is 0.920 bits per heavy atom. The monoisotopic (exact) mass is 334 g/mol. The Bertz CT molecular complexity index is 809. The van der Waals surface area contributed by atoms with Crippen LogP contribution in [0, 0.1) is 0 Å². The highest BCUT2D eigenvalue weighted by atomic mass is 16.5. The number of hydrogen-bond donors (Lipinski definition) is 1. The normalized spacial score (nSPS) is 14.7. The molecule has 1 fully saturated rings. The van der Waals surface area contributed by atoms with Crippen LogP contribution < -0.4 is 5.32 Å². The summed E-state index contributed by atoms with van der Waals surface area (Å²) >= 11 is 0. The van der Waals surface area contributed by atoms with E-state index in [1.54, 1.807) is 0 Å². The molecule has 3 aromatic rings. The number of anilines is 1. The van der Waals surface area contributed by atoms with E-state index >= 15 is 0 Å². The zero-order valence-corrected chi connectivity index (χ0v) is 14.2. The van der Waals surface area contributed by atoms with E-state index in [0.717, 1.165) is 12.1 Å². The number of likely N-dealkylation sites (tertiary alicyclic amines) is 1. The van der Waals surface area contributed by atoms with Gasteiger partial charge in [0.2, 0.25) is 5.82 Å². The molecule has 25 heavy (non-hydrogen) atoms. The molecule has 4 rings (SSSR count). The van der Waals surface area contributed by atoms with E-state index in [1.807, 2.05) is 30.3 Å². The van der Waals surface area contributed by atoms with Gasteiger partial charge in [-0.25, -0.2) is 0 Å². The van der Waals surface area contributed by atoms with Crippen LogP contribution in [0.2, 0.25) is 0 Å². The summed E-state index contributed by atoms with van der Waals surface area (Å²) in [7, 11) is 0. The fourth-order valence-electron chi connectivity index (χ4n) is 3.24. The summed E-state index contributed by atoms with van der Waals surface area (Å²) < 4.78 is 5.33. The van der Waals surface area contributed by atoms with Gasteiger partial charge < -0.3 is 9.84 Å². The van der Waals surface area contributed by atoms with Crippen molar-refractivity contribution in [1.29, 1.82) is 0 Å². The molecule has 0 aliphatic carbocycles. The van der Waals surface area contributed by atoms with Gasteiger partial charge in [0, 0.05) is 18.7 Å². The molecule has 2 aromatic carbocycles. The molecule has 1 N–H and O–H groups in total. The van der Waals surface area contributed by atoms with Gasteiger partial charge in [0.1, 0.15) is 0 Å². The Balaban J connectivity index is 1.42. The Morgan fingerprint density at radius 3 is 2.44 bits per heavy atom. The Hall–Kier alpha value is -2.66. The van der Waals surface area contributed by atoms with Gasteiger partial charge in [-0.15, -0.1) is 0 Å². The van der Waals surface area contributed by atoms with Gasteiger partial charge in [0.25, 0.3) is 0 Å². The van der Waals surface area contributed by atoms with Crippen LogP contribution in [0.1, 0.15) is 24.0 Å². The van der Waals surface area contributed by atoms with Crippen molar-refractivity contribution in [2.75, 3.05) is 18.4 Å². The van der Waals surface area contributed by atoms with E-state index in [1.165, 1.54) is 37.1 Å². The second kappa shape index (κ2) is 7.49. The number of rotatable bonds is 6. The Kier molecular flexibility index (Phi) is 4.74. The van der Waals surface area contributed by atoms with Gasteiger partial charge in [-0.05, 0) is 37.1 Å². The first kappa shape index (κ1) is 15.8. The SMILES string of the molecule is c1ccc(-c2noc(NCc3ccccc3CN3CCCC3)n2)cc1. The molecule has 0 radical (unpaired) electrons. The summed E-state index contributed by atoms with van der Waals surface area (Å²) in [5.74, 6) is 0.605. The highest BCUT2D eigenvalue weighted by Crippen LogP contribution is 2.19. The van der Waals surface area contributed by atoms with Gasteiger partial charge in [0.05, 0.1) is 0 Å². The predicted molar refractivity (Wildman–Crippen MR) is 98.0 cm³/mol. The quantitative estimate of drug-likeness (QED) is 0.740. The molecular weight excluding hydrogens is 312 g/mol. The molecule has 1 aliphatic rings. The highest BCUT2D eigenvalue weighted by Gasteiger charge is 2.14. The van der Waals surface area contributed by atoms with Crippen LogP contribution >= 0.6 is 0 Å². The maximum absolute atomic E-state index is 5.33. The minimum Gasteiger partial charge on any atom is -0.334 e. The van der Waals surface area contributed by atoms with Crippen molar-refractivity contribution in [2.45, 2.75) is 25.9 Å². The third-order valence-electron chi connectivity index (χ3n) is 4.60. The van der Waals surface area contributed by atoms with E-state index in [0.29, 0.717) is 18.4 Å². The molecule has 0 saturated carbocycles. The molecule has 5 nitrogen and oxygen atoms in total. The highest BCUT2D eigenvalue weighted by molar-refractivity contribution is 5.54. The molecular formula is C20H22N4O. The van der Waals surface area contributed by atoms with Gasteiger partial charge in [-0.1, -0.05) is 59.8 Å². The first-order valence-corrected chi connectivity index (χ1v) is 8.80. The van der Waals surface area contributed by atoms with Crippen molar-refractivity contribution < 1.29 is 4.52 Å². The molecule has 0 spiro atoms. The molecule has 128 valence electrons. The van der Waals surface area contributed by atoms with Gasteiger partial charge in [-0.2, -0.15) is 4.98 Å². The number of benzene rings is 2. The van der Waals surface area contributed by atoms with Gasteiger partial charge in [0.15, 0.2) is 0 Å². The lowest BCUT2D eigenvalue weighted by atomic mass is 10.1. The summed E-state index contributed by atoms with van der Waals surface area (Å²) in [6.45, 7) is 4.09. The molecule has 0 atom stereocenters. The smallest absolute Gasteiger partial charge is 0.322 e. The fraction of sp³-hybridized carbons (Fsp3) is 0.300. The maximum Gasteiger partial charge on any atom is 0.322 e. The summed E-state index contributed by atoms with van der Waals surface area (Å²) in [5, 5.41) is 7.31. The molecule has 1 aliphatic heterocycles. The summed E-state index contributed by atoms with van der Waals surface area (Å²) in [4.78, 5) is 6.94. The lowest BCUT2D eigenvalue weighted by Gasteiger charge is -2.17. The van der Waals surface area contributed by atoms with Crippen molar-refractivity contribution in [1.82, 2.24) is 15.0 Å². The second-order valence-electron chi connectivity index (χ2n) is 6.39. The average molecular weight is 334 g/mol. The van der Waals surface area contributed by atoms with Crippen LogP contribution in [-0.4, -0.2) is 28.1 Å². The van der Waals surface area contributed by atoms with Gasteiger partial charge >= 0.3 is 6.01 Å². The number of nitrogens with zero attached hydrogens (tertiary/aromatic N) is 3. The molecule has 1 aromatic heterocycles. The summed E-state index contributed by atoms with van der Waals surface area (Å²) in [6.07, 6.45) is 2.62. The number of hydrogen-bond acceptors (Lipinski definition) is 5. The van der Waals surface area contributed by atoms with Crippen LogP contribution in [0.15, 0.2) is 59.1 Å². The van der Waals surface area contributed by atoms with Crippen LogP contribution in [0.5, 0.6) is 0 Å². The maximum atomic E-state index is 5.33. The lowest BCUT2D eigenvalue weighted by molar-refractivity contribution is 0.330. The molecule has 2 heterocycles. The van der Waals surface area contributed by atoms with Crippen molar-refractivity contribution >= 4 is 6.01 Å². The molecule has 0 amide bonds. The average Bonchev–Trinajstić information content (AvgIpc) is 3.34. The van der Waals surface area contributed by atoms with Crippen molar-refractivity contribution in [3.05, 3.63) is 65.7 Å². The van der Waals surface area contributed by atoms with E-state index < -0.39 is 0 Å². The van der Waals surface area contributed by atoms with E-state index in [-0.39, 0.29) is 0 Å². The summed E-state index contributed by atoms with van der Waals surface area (Å²) in [5.41, 5.74) is 3.59. The second-order valence-corrected chi connectivity index (χ2v) is 6.39. The number of aromatic nitrogens is 2. The molecule has 0 bridgehead atoms. The van der Waals surface area contributed by atoms with E-state index in [2.05, 4.69) is 44.6 Å². The van der Waals surface area contributed by atoms with Gasteiger partial charge in [-0.3, -0.25) is 4.90 Å². The van der Waals surface area contributed by atoms with Crippen molar-refractivity contribution in [3.8, 4) is 11.4 Å². The van der Waals surface area contributed by atoms with Crippen LogP contribution in [0.25, 0.3) is 11.4 Å². The van der Waals surface area contributed by atoms with Crippen LogP contribution in [-0.2, 0) is 13.1 Å². The zero-order valence-electron chi connectivity index (χ0n) is 14.2. The topological polar surface area (TPSA) is 54.2 Å².